The van der Waals surface area contributed by atoms with Gasteiger partial charge in [-0.05, 0) is 17.7 Å². The van der Waals surface area contributed by atoms with E-state index in [4.69, 9.17) is 4.74 Å². The topological polar surface area (TPSA) is 46.6 Å². The third kappa shape index (κ3) is 3.03. The van der Waals surface area contributed by atoms with Gasteiger partial charge in [-0.25, -0.2) is 9.18 Å². The molecule has 1 aromatic rings. The molecule has 0 N–H and O–H groups in total. The molecule has 4 nitrogen and oxygen atoms in total. The molecule has 0 spiro atoms. The molecule has 0 saturated carbocycles. The van der Waals surface area contributed by atoms with Gasteiger partial charge in [0.05, 0.1) is 6.54 Å². The van der Waals surface area contributed by atoms with Crippen LogP contribution in [0.15, 0.2) is 24.3 Å². The first-order valence-electron chi connectivity index (χ1n) is 5.33. The molecule has 0 atom stereocenters. The van der Waals surface area contributed by atoms with Crippen molar-refractivity contribution in [1.82, 2.24) is 4.90 Å². The molecule has 0 aromatic heterocycles. The maximum absolute atomic E-state index is 12.8. The lowest BCUT2D eigenvalue weighted by atomic mass is 10.2. The number of rotatable bonds is 2. The molecule has 1 saturated heterocycles. The Morgan fingerprint density at radius 2 is 2.29 bits per heavy atom. The normalized spacial score (nSPS) is 15.1. The lowest BCUT2D eigenvalue weighted by Crippen LogP contribution is -2.29. The van der Waals surface area contributed by atoms with E-state index in [2.05, 4.69) is 0 Å². The van der Waals surface area contributed by atoms with Crippen molar-refractivity contribution in [1.29, 1.82) is 0 Å². The van der Waals surface area contributed by atoms with E-state index in [1.807, 2.05) is 0 Å². The summed E-state index contributed by atoms with van der Waals surface area (Å²) in [6.45, 7) is 0.532. The Kier molecular flexibility index (Phi) is 3.37. The van der Waals surface area contributed by atoms with Crippen LogP contribution in [0.5, 0.6) is 0 Å². The minimum Gasteiger partial charge on any atom is -0.445 e. The summed E-state index contributed by atoms with van der Waals surface area (Å²) in [6.07, 6.45) is -0.144. The third-order valence-electron chi connectivity index (χ3n) is 2.54. The van der Waals surface area contributed by atoms with E-state index in [1.165, 1.54) is 17.0 Å². The van der Waals surface area contributed by atoms with Gasteiger partial charge in [0.2, 0.25) is 0 Å². The molecule has 1 aliphatic heterocycles. The Morgan fingerprint density at radius 3 is 2.94 bits per heavy atom. The first-order valence-corrected chi connectivity index (χ1v) is 5.33. The van der Waals surface area contributed by atoms with Crippen LogP contribution < -0.4 is 0 Å². The molecule has 0 bridgehead atoms. The largest absolute Gasteiger partial charge is 0.445 e. The van der Waals surface area contributed by atoms with E-state index in [0.29, 0.717) is 18.5 Å². The van der Waals surface area contributed by atoms with Crippen LogP contribution in [0.2, 0.25) is 0 Å². The Morgan fingerprint density at radius 1 is 1.47 bits per heavy atom. The molecular weight excluding hydrogens is 225 g/mol. The third-order valence-corrected chi connectivity index (χ3v) is 2.54. The Hall–Kier alpha value is -1.91. The summed E-state index contributed by atoms with van der Waals surface area (Å²) in [5, 5.41) is 0. The van der Waals surface area contributed by atoms with Gasteiger partial charge in [0.1, 0.15) is 12.4 Å². The first-order chi connectivity index (χ1) is 8.15. The van der Waals surface area contributed by atoms with E-state index in [1.54, 1.807) is 12.1 Å². The summed E-state index contributed by atoms with van der Waals surface area (Å²) >= 11 is 0. The number of halogens is 1. The molecular formula is C12H12FNO3. The van der Waals surface area contributed by atoms with Crippen molar-refractivity contribution in [3.05, 3.63) is 35.6 Å². The number of carbonyl (C=O) groups excluding carboxylic acids is 2. The second kappa shape index (κ2) is 4.95. The molecule has 0 aliphatic carbocycles. The molecule has 5 heteroatoms. The summed E-state index contributed by atoms with van der Waals surface area (Å²) in [4.78, 5) is 23.8. The predicted molar refractivity (Wildman–Crippen MR) is 57.8 cm³/mol. The Bertz CT molecular complexity index is 447. The van der Waals surface area contributed by atoms with Crippen LogP contribution in [0.4, 0.5) is 9.18 Å². The van der Waals surface area contributed by atoms with Crippen LogP contribution in [-0.2, 0) is 16.1 Å². The highest BCUT2D eigenvalue weighted by Crippen LogP contribution is 2.09. The van der Waals surface area contributed by atoms with Gasteiger partial charge in [-0.3, -0.25) is 4.79 Å². The van der Waals surface area contributed by atoms with Gasteiger partial charge in [-0.1, -0.05) is 12.1 Å². The lowest BCUT2D eigenvalue weighted by molar-refractivity contribution is -0.116. The van der Waals surface area contributed by atoms with E-state index in [9.17, 15) is 14.0 Å². The summed E-state index contributed by atoms with van der Waals surface area (Å²) < 4.78 is 17.8. The highest BCUT2D eigenvalue weighted by Gasteiger charge is 2.24. The lowest BCUT2D eigenvalue weighted by Gasteiger charge is -2.14. The second-order valence-electron chi connectivity index (χ2n) is 3.89. The monoisotopic (exact) mass is 237 g/mol. The van der Waals surface area contributed by atoms with Crippen LogP contribution in [0.1, 0.15) is 12.0 Å². The smallest absolute Gasteiger partial charge is 0.410 e. The van der Waals surface area contributed by atoms with Crippen molar-refractivity contribution >= 4 is 11.9 Å². The number of nitrogens with zero attached hydrogens (tertiary/aromatic N) is 1. The summed E-state index contributed by atoms with van der Waals surface area (Å²) in [6, 6.07) is 5.86. The zero-order valence-corrected chi connectivity index (χ0v) is 9.19. The minimum atomic E-state index is -0.528. The van der Waals surface area contributed by atoms with Gasteiger partial charge in [0, 0.05) is 13.0 Å². The summed E-state index contributed by atoms with van der Waals surface area (Å²) in [5.41, 5.74) is 0.587. The molecule has 2 rings (SSSR count). The van der Waals surface area contributed by atoms with E-state index in [-0.39, 0.29) is 24.8 Å². The molecule has 17 heavy (non-hydrogen) atoms. The quantitative estimate of drug-likeness (QED) is 0.787. The standard InChI is InChI=1S/C12H12FNO3/c13-10-3-1-2-9(6-10)8-17-12(16)14-5-4-11(15)7-14/h1-3,6H,4-5,7-8H2. The van der Waals surface area contributed by atoms with Gasteiger partial charge < -0.3 is 9.64 Å². The fourth-order valence-corrected chi connectivity index (χ4v) is 1.65. The minimum absolute atomic E-state index is 0.0152. The van der Waals surface area contributed by atoms with Crippen molar-refractivity contribution in [2.45, 2.75) is 13.0 Å². The van der Waals surface area contributed by atoms with Crippen LogP contribution in [0.25, 0.3) is 0 Å². The predicted octanol–water partition coefficient (Wildman–Crippen LogP) is 1.74. The van der Waals surface area contributed by atoms with Gasteiger partial charge in [-0.15, -0.1) is 0 Å². The molecule has 1 aliphatic rings. The fourth-order valence-electron chi connectivity index (χ4n) is 1.65. The highest BCUT2D eigenvalue weighted by molar-refractivity contribution is 5.87. The van der Waals surface area contributed by atoms with Gasteiger partial charge in [0.15, 0.2) is 5.78 Å². The van der Waals surface area contributed by atoms with Gasteiger partial charge in [0.25, 0.3) is 0 Å². The maximum atomic E-state index is 12.8. The zero-order valence-electron chi connectivity index (χ0n) is 9.19. The van der Waals surface area contributed by atoms with Crippen LogP contribution in [-0.4, -0.2) is 29.9 Å². The Balaban J connectivity index is 1.86. The number of ether oxygens (including phenoxy) is 1. The Labute approximate surface area is 98.0 Å². The maximum Gasteiger partial charge on any atom is 0.410 e. The molecule has 0 radical (unpaired) electrons. The summed E-state index contributed by atoms with van der Waals surface area (Å²) in [7, 11) is 0. The van der Waals surface area contributed by atoms with Crippen LogP contribution in [0.3, 0.4) is 0 Å². The molecule has 1 heterocycles. The van der Waals surface area contributed by atoms with Crippen molar-refractivity contribution in [3.8, 4) is 0 Å². The van der Waals surface area contributed by atoms with E-state index in [0.717, 1.165) is 0 Å². The number of carbonyl (C=O) groups is 2. The molecule has 1 fully saturated rings. The second-order valence-corrected chi connectivity index (χ2v) is 3.89. The van der Waals surface area contributed by atoms with Crippen molar-refractivity contribution < 1.29 is 18.7 Å². The SMILES string of the molecule is O=C1CCN(C(=O)OCc2cccc(F)c2)C1. The van der Waals surface area contributed by atoms with Crippen LogP contribution >= 0.6 is 0 Å². The van der Waals surface area contributed by atoms with Crippen molar-refractivity contribution in [2.24, 2.45) is 0 Å². The average Bonchev–Trinajstić information content (AvgIpc) is 2.73. The highest BCUT2D eigenvalue weighted by atomic mass is 19.1. The zero-order chi connectivity index (χ0) is 12.3. The summed E-state index contributed by atoms with van der Waals surface area (Å²) in [5.74, 6) is -0.331. The average molecular weight is 237 g/mol. The number of hydrogen-bond donors (Lipinski definition) is 0. The number of hydrogen-bond acceptors (Lipinski definition) is 3. The molecule has 1 amide bonds. The molecule has 1 aromatic carbocycles. The molecule has 0 unspecified atom stereocenters. The number of ketones is 1. The van der Waals surface area contributed by atoms with Crippen LogP contribution in [0, 0.1) is 5.82 Å². The van der Waals surface area contributed by atoms with Gasteiger partial charge >= 0.3 is 6.09 Å². The van der Waals surface area contributed by atoms with Crippen molar-refractivity contribution in [3.63, 3.8) is 0 Å². The van der Waals surface area contributed by atoms with Crippen molar-refractivity contribution in [2.75, 3.05) is 13.1 Å². The number of Topliss-reactive ketones (excluding diaryl/α,β-unsaturated/α-hetero) is 1. The number of amides is 1. The first kappa shape index (κ1) is 11.6. The molecule has 90 valence electrons. The van der Waals surface area contributed by atoms with E-state index >= 15 is 0 Å². The van der Waals surface area contributed by atoms with Gasteiger partial charge in [-0.2, -0.15) is 0 Å². The van der Waals surface area contributed by atoms with E-state index < -0.39 is 6.09 Å². The number of benzene rings is 1. The number of likely N-dealkylation sites (tertiary alicyclic amines) is 1. The fraction of sp³-hybridized carbons (Fsp3) is 0.333.